The summed E-state index contributed by atoms with van der Waals surface area (Å²) in [5, 5.41) is 2.80. The highest BCUT2D eigenvalue weighted by Gasteiger charge is 2.28. The van der Waals surface area contributed by atoms with E-state index in [0.29, 0.717) is 12.4 Å². The molecule has 1 unspecified atom stereocenters. The van der Waals surface area contributed by atoms with E-state index < -0.39 is 6.36 Å². The summed E-state index contributed by atoms with van der Waals surface area (Å²) in [7, 11) is 0. The summed E-state index contributed by atoms with van der Waals surface area (Å²) in [5.41, 5.74) is 0. The number of hydrogen-bond donors (Lipinski definition) is 1. The molecule has 0 aliphatic heterocycles. The number of alkyl halides is 4. The highest BCUT2D eigenvalue weighted by molar-refractivity contribution is 6.18. The number of nitrogens with one attached hydrogen (secondary N) is 1. The van der Waals surface area contributed by atoms with Crippen molar-refractivity contribution < 1.29 is 17.9 Å². The van der Waals surface area contributed by atoms with E-state index in [1.54, 1.807) is 0 Å². The maximum atomic E-state index is 11.4. The van der Waals surface area contributed by atoms with Gasteiger partial charge >= 0.3 is 6.36 Å². The molecule has 0 saturated heterocycles. The normalized spacial score (nSPS) is 14.5. The van der Waals surface area contributed by atoms with Gasteiger partial charge in [0.15, 0.2) is 0 Å². The molecule has 0 radical (unpaired) electrons. The molecule has 0 aromatic heterocycles. The Hall–Kier alpha value is -0.0000000000000000555. The molecule has 0 saturated carbocycles. The van der Waals surface area contributed by atoms with Crippen LogP contribution in [0.1, 0.15) is 6.92 Å². The van der Waals surface area contributed by atoms with Gasteiger partial charge in [-0.15, -0.1) is 24.8 Å². The third kappa shape index (κ3) is 9.92. The summed E-state index contributed by atoms with van der Waals surface area (Å²) < 4.78 is 37.9. The number of halogens is 4. The van der Waals surface area contributed by atoms with E-state index in [1.165, 1.54) is 0 Å². The molecule has 1 atom stereocenters. The molecule has 0 aromatic carbocycles. The fourth-order valence-electron chi connectivity index (χ4n) is 0.642. The molecular weight excluding hydrogens is 207 g/mol. The molecule has 6 heteroatoms. The molecule has 1 N–H and O–H groups in total. The van der Waals surface area contributed by atoms with Crippen LogP contribution in [0.4, 0.5) is 13.2 Å². The molecule has 0 aromatic rings. The molecule has 0 fully saturated rings. The van der Waals surface area contributed by atoms with E-state index in [4.69, 9.17) is 11.6 Å². The quantitative estimate of drug-likeness (QED) is 0.545. The lowest BCUT2D eigenvalue weighted by Crippen LogP contribution is -2.28. The summed E-state index contributed by atoms with van der Waals surface area (Å²) in [6.45, 7) is 2.33. The predicted octanol–water partition coefficient (Wildman–Crippen LogP) is 1.99. The van der Waals surface area contributed by atoms with Crippen molar-refractivity contribution >= 4 is 11.6 Å². The van der Waals surface area contributed by atoms with Gasteiger partial charge in [-0.05, 0) is 12.5 Å². The van der Waals surface area contributed by atoms with Crippen LogP contribution in [-0.2, 0) is 4.74 Å². The van der Waals surface area contributed by atoms with Crippen molar-refractivity contribution in [2.24, 2.45) is 5.92 Å². The molecular formula is C7H13ClF3NO. The second kappa shape index (κ2) is 6.45. The van der Waals surface area contributed by atoms with Crippen molar-refractivity contribution in [3.63, 3.8) is 0 Å². The molecule has 0 spiro atoms. The molecule has 0 bridgehead atoms. The molecule has 80 valence electrons. The predicted molar refractivity (Wildman–Crippen MR) is 44.8 cm³/mol. The Balaban J connectivity index is 3.18. The summed E-state index contributed by atoms with van der Waals surface area (Å²) >= 11 is 5.49. The summed E-state index contributed by atoms with van der Waals surface area (Å²) in [6.07, 6.45) is -4.53. The van der Waals surface area contributed by atoms with Crippen LogP contribution in [0.15, 0.2) is 0 Å². The van der Waals surface area contributed by atoms with E-state index in [0.717, 1.165) is 0 Å². The zero-order valence-corrected chi connectivity index (χ0v) is 8.08. The van der Waals surface area contributed by atoms with Crippen molar-refractivity contribution in [1.29, 1.82) is 0 Å². The zero-order valence-electron chi connectivity index (χ0n) is 7.33. The summed E-state index contributed by atoms with van der Waals surface area (Å²) in [4.78, 5) is 0. The minimum atomic E-state index is -4.53. The lowest BCUT2D eigenvalue weighted by molar-refractivity contribution is -0.323. The largest absolute Gasteiger partial charge is 0.522 e. The first kappa shape index (κ1) is 13.0. The third-order valence-electron chi connectivity index (χ3n) is 1.30. The van der Waals surface area contributed by atoms with Crippen LogP contribution < -0.4 is 5.32 Å². The average molecular weight is 220 g/mol. The van der Waals surface area contributed by atoms with Gasteiger partial charge in [-0.2, -0.15) is 0 Å². The molecule has 0 rings (SSSR count). The smallest absolute Gasteiger partial charge is 0.314 e. The highest BCUT2D eigenvalue weighted by Crippen LogP contribution is 2.15. The SMILES string of the molecule is CC(CCl)CNCCOC(F)(F)F. The van der Waals surface area contributed by atoms with E-state index >= 15 is 0 Å². The van der Waals surface area contributed by atoms with Crippen molar-refractivity contribution in [1.82, 2.24) is 5.32 Å². The van der Waals surface area contributed by atoms with E-state index in [1.807, 2.05) is 6.92 Å². The van der Waals surface area contributed by atoms with Crippen LogP contribution in [-0.4, -0.2) is 31.9 Å². The average Bonchev–Trinajstić information content (AvgIpc) is 2.01. The second-order valence-corrected chi connectivity index (χ2v) is 3.07. The Morgan fingerprint density at radius 2 is 2.08 bits per heavy atom. The number of hydrogen-bond acceptors (Lipinski definition) is 2. The fourth-order valence-corrected chi connectivity index (χ4v) is 0.751. The Bertz CT molecular complexity index is 131. The van der Waals surface area contributed by atoms with Gasteiger partial charge in [0.25, 0.3) is 0 Å². The fraction of sp³-hybridized carbons (Fsp3) is 1.00. The van der Waals surface area contributed by atoms with E-state index in [-0.39, 0.29) is 19.1 Å². The van der Waals surface area contributed by atoms with Gasteiger partial charge in [0.2, 0.25) is 0 Å². The Kier molecular flexibility index (Phi) is 6.45. The van der Waals surface area contributed by atoms with Crippen LogP contribution in [0.3, 0.4) is 0 Å². The second-order valence-electron chi connectivity index (χ2n) is 2.76. The lowest BCUT2D eigenvalue weighted by Gasteiger charge is -2.10. The molecule has 0 heterocycles. The van der Waals surface area contributed by atoms with Gasteiger partial charge in [0.1, 0.15) is 0 Å². The first-order valence-electron chi connectivity index (χ1n) is 3.93. The highest BCUT2D eigenvalue weighted by atomic mass is 35.5. The standard InChI is InChI=1S/C7H13ClF3NO/c1-6(4-8)5-12-2-3-13-7(9,10)11/h6,12H,2-5H2,1H3. The Labute approximate surface area is 80.4 Å². The van der Waals surface area contributed by atoms with Crippen molar-refractivity contribution in [2.75, 3.05) is 25.6 Å². The molecule has 0 aliphatic rings. The zero-order chi connectivity index (χ0) is 10.3. The van der Waals surface area contributed by atoms with Crippen LogP contribution >= 0.6 is 11.6 Å². The van der Waals surface area contributed by atoms with Crippen LogP contribution in [0.5, 0.6) is 0 Å². The van der Waals surface area contributed by atoms with Crippen molar-refractivity contribution in [3.8, 4) is 0 Å². The van der Waals surface area contributed by atoms with E-state index in [9.17, 15) is 13.2 Å². The molecule has 13 heavy (non-hydrogen) atoms. The first-order valence-corrected chi connectivity index (χ1v) is 4.46. The monoisotopic (exact) mass is 219 g/mol. The molecule has 0 aliphatic carbocycles. The van der Waals surface area contributed by atoms with Gasteiger partial charge in [0, 0.05) is 12.4 Å². The lowest BCUT2D eigenvalue weighted by atomic mass is 10.2. The minimum absolute atomic E-state index is 0.181. The maximum Gasteiger partial charge on any atom is 0.522 e. The van der Waals surface area contributed by atoms with Gasteiger partial charge in [-0.25, -0.2) is 0 Å². The van der Waals surface area contributed by atoms with Gasteiger partial charge < -0.3 is 5.32 Å². The van der Waals surface area contributed by atoms with Gasteiger partial charge in [-0.1, -0.05) is 6.92 Å². The third-order valence-corrected chi connectivity index (χ3v) is 1.83. The van der Waals surface area contributed by atoms with Gasteiger partial charge in [0.05, 0.1) is 6.61 Å². The molecule has 0 amide bonds. The van der Waals surface area contributed by atoms with Crippen molar-refractivity contribution in [2.45, 2.75) is 13.3 Å². The topological polar surface area (TPSA) is 21.3 Å². The minimum Gasteiger partial charge on any atom is -0.314 e. The first-order chi connectivity index (χ1) is 5.95. The maximum absolute atomic E-state index is 11.4. The van der Waals surface area contributed by atoms with Crippen molar-refractivity contribution in [3.05, 3.63) is 0 Å². The number of ether oxygens (including phenoxy) is 1. The Morgan fingerprint density at radius 1 is 1.46 bits per heavy atom. The van der Waals surface area contributed by atoms with Crippen LogP contribution in [0, 0.1) is 5.92 Å². The Morgan fingerprint density at radius 3 is 2.54 bits per heavy atom. The molecule has 2 nitrogen and oxygen atoms in total. The number of rotatable bonds is 6. The van der Waals surface area contributed by atoms with Crippen LogP contribution in [0.2, 0.25) is 0 Å². The van der Waals surface area contributed by atoms with Gasteiger partial charge in [-0.3, -0.25) is 4.74 Å². The summed E-state index contributed by atoms with van der Waals surface area (Å²) in [5.74, 6) is 0.750. The van der Waals surface area contributed by atoms with E-state index in [2.05, 4.69) is 10.1 Å². The van der Waals surface area contributed by atoms with Crippen LogP contribution in [0.25, 0.3) is 0 Å². The summed E-state index contributed by atoms with van der Waals surface area (Å²) in [6, 6.07) is 0.